The van der Waals surface area contributed by atoms with Gasteiger partial charge in [-0.15, -0.1) is 0 Å². The fraction of sp³-hybridized carbons (Fsp3) is 0.600. The van der Waals surface area contributed by atoms with Gasteiger partial charge in [-0.3, -0.25) is 0 Å². The standard InChI is InChI=1S/C10H16BrN3O2S/c1-3-9-13-8(11)7-10(14-9)12-5-6-17(15,16)4-2/h7H,3-6H2,1-2H3,(H,12,13,14). The Morgan fingerprint density at radius 2 is 2.06 bits per heavy atom. The molecule has 1 N–H and O–H groups in total. The first kappa shape index (κ1) is 14.4. The van der Waals surface area contributed by atoms with Gasteiger partial charge in [-0.05, 0) is 15.9 Å². The van der Waals surface area contributed by atoms with E-state index in [4.69, 9.17) is 0 Å². The highest BCUT2D eigenvalue weighted by molar-refractivity contribution is 9.10. The first-order valence-electron chi connectivity index (χ1n) is 5.44. The van der Waals surface area contributed by atoms with Gasteiger partial charge >= 0.3 is 0 Å². The van der Waals surface area contributed by atoms with Gasteiger partial charge in [0.1, 0.15) is 16.2 Å². The Labute approximate surface area is 110 Å². The fourth-order valence-electron chi connectivity index (χ4n) is 1.19. The Hall–Kier alpha value is -0.690. The van der Waals surface area contributed by atoms with Gasteiger partial charge in [0.05, 0.1) is 5.75 Å². The van der Waals surface area contributed by atoms with Crippen molar-refractivity contribution in [2.45, 2.75) is 20.3 Å². The van der Waals surface area contributed by atoms with Crippen LogP contribution in [0.5, 0.6) is 0 Å². The Morgan fingerprint density at radius 3 is 2.65 bits per heavy atom. The third kappa shape index (κ3) is 4.99. The fourth-order valence-corrected chi connectivity index (χ4v) is 2.32. The van der Waals surface area contributed by atoms with Crippen molar-refractivity contribution in [1.29, 1.82) is 0 Å². The van der Waals surface area contributed by atoms with Crippen LogP contribution in [0, 0.1) is 0 Å². The molecule has 1 aromatic rings. The molecule has 0 bridgehead atoms. The number of anilines is 1. The average Bonchev–Trinajstić information content (AvgIpc) is 2.28. The maximum Gasteiger partial charge on any atom is 0.151 e. The van der Waals surface area contributed by atoms with E-state index in [1.807, 2.05) is 6.92 Å². The van der Waals surface area contributed by atoms with Gasteiger partial charge in [-0.25, -0.2) is 18.4 Å². The summed E-state index contributed by atoms with van der Waals surface area (Å²) in [6.45, 7) is 3.97. The number of sulfone groups is 1. The van der Waals surface area contributed by atoms with Gasteiger partial charge in [-0.1, -0.05) is 13.8 Å². The number of nitrogens with zero attached hydrogens (tertiary/aromatic N) is 2. The Bertz CT molecular complexity index is 476. The third-order valence-corrected chi connectivity index (χ3v) is 4.33. The molecule has 0 saturated carbocycles. The highest BCUT2D eigenvalue weighted by Crippen LogP contribution is 2.12. The molecule has 1 aromatic heterocycles. The van der Waals surface area contributed by atoms with Crippen molar-refractivity contribution in [1.82, 2.24) is 9.97 Å². The van der Waals surface area contributed by atoms with Crippen molar-refractivity contribution in [3.63, 3.8) is 0 Å². The molecule has 0 aliphatic rings. The van der Waals surface area contributed by atoms with Crippen LogP contribution in [0.1, 0.15) is 19.7 Å². The molecule has 0 fully saturated rings. The van der Waals surface area contributed by atoms with E-state index >= 15 is 0 Å². The predicted octanol–water partition coefficient (Wildman–Crippen LogP) is 1.65. The molecular formula is C10H16BrN3O2S. The topological polar surface area (TPSA) is 72.0 Å². The van der Waals surface area contributed by atoms with Crippen LogP contribution in [0.15, 0.2) is 10.7 Å². The molecular weight excluding hydrogens is 306 g/mol. The van der Waals surface area contributed by atoms with Gasteiger partial charge in [0.2, 0.25) is 0 Å². The van der Waals surface area contributed by atoms with E-state index in [9.17, 15) is 8.42 Å². The lowest BCUT2D eigenvalue weighted by Gasteiger charge is -2.07. The lowest BCUT2D eigenvalue weighted by molar-refractivity contribution is 0.597. The summed E-state index contributed by atoms with van der Waals surface area (Å²) in [7, 11) is -2.93. The molecule has 17 heavy (non-hydrogen) atoms. The van der Waals surface area contributed by atoms with Crippen LogP contribution in [0.25, 0.3) is 0 Å². The zero-order valence-corrected chi connectivity index (χ0v) is 12.3. The van der Waals surface area contributed by atoms with Crippen molar-refractivity contribution >= 4 is 31.6 Å². The summed E-state index contributed by atoms with van der Waals surface area (Å²) in [6.07, 6.45) is 0.737. The van der Waals surface area contributed by atoms with Gasteiger partial charge in [0.15, 0.2) is 9.84 Å². The van der Waals surface area contributed by atoms with E-state index in [1.54, 1.807) is 13.0 Å². The van der Waals surface area contributed by atoms with E-state index in [0.29, 0.717) is 17.0 Å². The monoisotopic (exact) mass is 321 g/mol. The Morgan fingerprint density at radius 1 is 1.35 bits per heavy atom. The van der Waals surface area contributed by atoms with E-state index in [1.165, 1.54) is 0 Å². The smallest absolute Gasteiger partial charge is 0.151 e. The number of aromatic nitrogens is 2. The lowest BCUT2D eigenvalue weighted by atomic mass is 10.4. The molecule has 0 aromatic carbocycles. The first-order valence-corrected chi connectivity index (χ1v) is 8.06. The molecule has 7 heteroatoms. The molecule has 0 aliphatic carbocycles. The lowest BCUT2D eigenvalue weighted by Crippen LogP contribution is -2.18. The number of hydrogen-bond donors (Lipinski definition) is 1. The first-order chi connectivity index (χ1) is 7.96. The molecule has 0 atom stereocenters. The summed E-state index contributed by atoms with van der Waals surface area (Å²) >= 11 is 3.29. The minimum absolute atomic E-state index is 0.118. The number of hydrogen-bond acceptors (Lipinski definition) is 5. The number of rotatable bonds is 6. The second-order valence-electron chi connectivity index (χ2n) is 3.51. The van der Waals surface area contributed by atoms with E-state index in [-0.39, 0.29) is 11.5 Å². The average molecular weight is 322 g/mol. The largest absolute Gasteiger partial charge is 0.369 e. The number of aryl methyl sites for hydroxylation is 1. The summed E-state index contributed by atoms with van der Waals surface area (Å²) < 4.78 is 23.3. The maximum atomic E-state index is 11.3. The molecule has 0 radical (unpaired) electrons. The van der Waals surface area contributed by atoms with Crippen molar-refractivity contribution in [3.05, 3.63) is 16.5 Å². The van der Waals surface area contributed by atoms with Gasteiger partial charge in [-0.2, -0.15) is 0 Å². The second kappa shape index (κ2) is 6.30. The highest BCUT2D eigenvalue weighted by Gasteiger charge is 2.07. The van der Waals surface area contributed by atoms with Crippen LogP contribution >= 0.6 is 15.9 Å². The van der Waals surface area contributed by atoms with Crippen molar-refractivity contribution in [2.75, 3.05) is 23.4 Å². The number of halogens is 1. The van der Waals surface area contributed by atoms with Crippen molar-refractivity contribution < 1.29 is 8.42 Å². The van der Waals surface area contributed by atoms with Crippen molar-refractivity contribution in [3.8, 4) is 0 Å². The molecule has 0 amide bonds. The van der Waals surface area contributed by atoms with Crippen LogP contribution in [0.4, 0.5) is 5.82 Å². The van der Waals surface area contributed by atoms with E-state index in [0.717, 1.165) is 12.2 Å². The normalized spacial score (nSPS) is 11.5. The molecule has 5 nitrogen and oxygen atoms in total. The van der Waals surface area contributed by atoms with Crippen LogP contribution in [-0.4, -0.2) is 36.4 Å². The minimum Gasteiger partial charge on any atom is -0.369 e. The summed E-state index contributed by atoms with van der Waals surface area (Å²) in [5.41, 5.74) is 0. The zero-order chi connectivity index (χ0) is 12.9. The highest BCUT2D eigenvalue weighted by atomic mass is 79.9. The predicted molar refractivity (Wildman–Crippen MR) is 71.9 cm³/mol. The zero-order valence-electron chi connectivity index (χ0n) is 9.90. The van der Waals surface area contributed by atoms with Crippen LogP contribution in [0.2, 0.25) is 0 Å². The van der Waals surface area contributed by atoms with Gasteiger partial charge < -0.3 is 5.32 Å². The summed E-state index contributed by atoms with van der Waals surface area (Å²) in [4.78, 5) is 8.42. The quantitative estimate of drug-likeness (QED) is 0.806. The SMILES string of the molecule is CCc1nc(Br)cc(NCCS(=O)(=O)CC)n1. The van der Waals surface area contributed by atoms with Crippen LogP contribution in [-0.2, 0) is 16.3 Å². The molecule has 0 spiro atoms. The molecule has 1 heterocycles. The molecule has 1 rings (SSSR count). The molecule has 0 saturated heterocycles. The Balaban J connectivity index is 2.61. The third-order valence-electron chi connectivity index (χ3n) is 2.22. The van der Waals surface area contributed by atoms with Crippen LogP contribution < -0.4 is 5.32 Å². The second-order valence-corrected chi connectivity index (χ2v) is 6.79. The van der Waals surface area contributed by atoms with E-state index in [2.05, 4.69) is 31.2 Å². The van der Waals surface area contributed by atoms with Gasteiger partial charge in [0, 0.05) is 24.8 Å². The van der Waals surface area contributed by atoms with E-state index < -0.39 is 9.84 Å². The molecule has 0 unspecified atom stereocenters. The maximum absolute atomic E-state index is 11.3. The molecule has 0 aliphatic heterocycles. The van der Waals surface area contributed by atoms with Crippen LogP contribution in [0.3, 0.4) is 0 Å². The van der Waals surface area contributed by atoms with Crippen molar-refractivity contribution in [2.24, 2.45) is 0 Å². The summed E-state index contributed by atoms with van der Waals surface area (Å²) in [6, 6.07) is 1.73. The summed E-state index contributed by atoms with van der Waals surface area (Å²) in [5, 5.41) is 2.99. The Kier molecular flexibility index (Phi) is 5.32. The number of nitrogens with one attached hydrogen (secondary N) is 1. The summed E-state index contributed by atoms with van der Waals surface area (Å²) in [5.74, 6) is 1.66. The molecule has 96 valence electrons. The minimum atomic E-state index is -2.93. The van der Waals surface area contributed by atoms with Gasteiger partial charge in [0.25, 0.3) is 0 Å².